The molecule has 0 aliphatic rings. The molecule has 0 atom stereocenters. The van der Waals surface area contributed by atoms with Gasteiger partial charge >= 0.3 is 0 Å². The summed E-state index contributed by atoms with van der Waals surface area (Å²) in [7, 11) is 0. The molecule has 3 aromatic heterocycles. The second-order valence-corrected chi connectivity index (χ2v) is 16.6. The minimum absolute atomic E-state index is 0.911. The monoisotopic (exact) mass is 749 g/mol. The molecule has 0 fully saturated rings. The molecule has 0 saturated heterocycles. The van der Waals surface area contributed by atoms with Crippen LogP contribution in [0.2, 0.25) is 0 Å². The maximum atomic E-state index is 6.46. The summed E-state index contributed by atoms with van der Waals surface area (Å²) in [6, 6.07) is 68.5. The Balaban J connectivity index is 1.08. The van der Waals surface area contributed by atoms with E-state index >= 15 is 0 Å². The summed E-state index contributed by atoms with van der Waals surface area (Å²) in [6.45, 7) is 0. The molecule has 12 aromatic rings. The molecule has 0 bridgehead atoms. The zero-order chi connectivity index (χ0) is 36.7. The lowest BCUT2D eigenvalue weighted by atomic mass is 9.97. The van der Waals surface area contributed by atoms with Gasteiger partial charge in [0.25, 0.3) is 0 Å². The summed E-state index contributed by atoms with van der Waals surface area (Å²) in [5.41, 5.74) is 9.92. The van der Waals surface area contributed by atoms with Crippen LogP contribution >= 0.6 is 22.7 Å². The summed E-state index contributed by atoms with van der Waals surface area (Å²) in [4.78, 5) is 2.46. The highest BCUT2D eigenvalue weighted by atomic mass is 32.1. The molecule has 12 rings (SSSR count). The Morgan fingerprint density at radius 2 is 1.07 bits per heavy atom. The number of fused-ring (bicyclic) bond motifs is 10. The molecule has 0 amide bonds. The fraction of sp³-hybridized carbons (Fsp3) is 0. The fourth-order valence-corrected chi connectivity index (χ4v) is 11.0. The number of rotatable bonds is 5. The molecule has 0 aliphatic carbocycles. The topological polar surface area (TPSA) is 16.4 Å². The molecule has 0 N–H and O–H groups in total. The van der Waals surface area contributed by atoms with Crippen LogP contribution < -0.4 is 4.90 Å². The average Bonchev–Trinajstić information content (AvgIpc) is 3.95. The second-order valence-electron chi connectivity index (χ2n) is 14.4. The van der Waals surface area contributed by atoms with E-state index < -0.39 is 0 Å². The summed E-state index contributed by atoms with van der Waals surface area (Å²) in [5.74, 6) is 0. The van der Waals surface area contributed by atoms with Crippen LogP contribution in [-0.2, 0) is 0 Å². The lowest BCUT2D eigenvalue weighted by Crippen LogP contribution is -2.10. The number of hydrogen-bond donors (Lipinski definition) is 0. The van der Waals surface area contributed by atoms with Gasteiger partial charge < -0.3 is 9.32 Å². The standard InChI is InChI=1S/C52H31NOS2/c1-2-11-34-30-35(21-20-32(34)10-1)39-28-29-45(50-44-14-5-8-19-48(44)56-52(39)50)53(37-26-27-42-41-13-4-7-18-47(41)55-49(42)31-37)36-24-22-33(23-25-36)38-15-9-16-43-40-12-3-6-17-46(40)54-51(38)43/h1-31H. The lowest BCUT2D eigenvalue weighted by Gasteiger charge is -2.27. The van der Waals surface area contributed by atoms with Gasteiger partial charge in [-0.05, 0) is 82.1 Å². The highest BCUT2D eigenvalue weighted by Crippen LogP contribution is 2.49. The van der Waals surface area contributed by atoms with E-state index in [-0.39, 0.29) is 0 Å². The highest BCUT2D eigenvalue weighted by molar-refractivity contribution is 7.26. The molecule has 0 radical (unpaired) electrons. The first-order valence-electron chi connectivity index (χ1n) is 18.9. The van der Waals surface area contributed by atoms with E-state index in [1.165, 1.54) is 62.2 Å². The third-order valence-corrected chi connectivity index (χ3v) is 13.6. The minimum atomic E-state index is 0.911. The Morgan fingerprint density at radius 3 is 1.95 bits per heavy atom. The first-order chi connectivity index (χ1) is 27.7. The van der Waals surface area contributed by atoms with E-state index in [0.29, 0.717) is 0 Å². The van der Waals surface area contributed by atoms with Crippen LogP contribution in [0.1, 0.15) is 0 Å². The quantitative estimate of drug-likeness (QED) is 0.174. The van der Waals surface area contributed by atoms with Crippen molar-refractivity contribution in [2.45, 2.75) is 0 Å². The largest absolute Gasteiger partial charge is 0.455 e. The predicted octanol–water partition coefficient (Wildman–Crippen LogP) is 16.3. The third-order valence-electron chi connectivity index (χ3n) is 11.3. The molecule has 0 unspecified atom stereocenters. The van der Waals surface area contributed by atoms with E-state index in [9.17, 15) is 0 Å². The normalized spacial score (nSPS) is 11.9. The van der Waals surface area contributed by atoms with Crippen molar-refractivity contribution in [2.75, 3.05) is 4.90 Å². The summed E-state index contributed by atoms with van der Waals surface area (Å²) in [6.07, 6.45) is 0. The third kappa shape index (κ3) is 4.86. The van der Waals surface area contributed by atoms with Gasteiger partial charge in [0.05, 0.1) is 5.69 Å². The number of thiophene rings is 2. The van der Waals surface area contributed by atoms with Crippen LogP contribution in [0.4, 0.5) is 17.1 Å². The molecule has 4 heteroatoms. The van der Waals surface area contributed by atoms with Gasteiger partial charge in [-0.1, -0.05) is 133 Å². The van der Waals surface area contributed by atoms with E-state index in [0.717, 1.165) is 50.1 Å². The van der Waals surface area contributed by atoms with Crippen molar-refractivity contribution in [3.63, 3.8) is 0 Å². The van der Waals surface area contributed by atoms with Crippen molar-refractivity contribution < 1.29 is 4.42 Å². The zero-order valence-corrected chi connectivity index (χ0v) is 31.7. The van der Waals surface area contributed by atoms with Crippen molar-refractivity contribution in [3.05, 3.63) is 188 Å². The van der Waals surface area contributed by atoms with Crippen LogP contribution in [0.5, 0.6) is 0 Å². The molecule has 2 nitrogen and oxygen atoms in total. The number of para-hydroxylation sites is 2. The van der Waals surface area contributed by atoms with Gasteiger partial charge in [0.2, 0.25) is 0 Å². The Morgan fingerprint density at radius 1 is 0.393 bits per heavy atom. The average molecular weight is 750 g/mol. The summed E-state index contributed by atoms with van der Waals surface area (Å²) < 4.78 is 11.6. The maximum absolute atomic E-state index is 6.46. The smallest absolute Gasteiger partial charge is 0.143 e. The van der Waals surface area contributed by atoms with Gasteiger partial charge in [0.1, 0.15) is 11.2 Å². The van der Waals surface area contributed by atoms with Crippen molar-refractivity contribution >= 4 is 113 Å². The first kappa shape index (κ1) is 31.6. The Hall–Kier alpha value is -6.72. The van der Waals surface area contributed by atoms with Crippen LogP contribution in [0.3, 0.4) is 0 Å². The number of furan rings is 1. The lowest BCUT2D eigenvalue weighted by molar-refractivity contribution is 0.670. The van der Waals surface area contributed by atoms with Crippen LogP contribution in [-0.4, -0.2) is 0 Å². The van der Waals surface area contributed by atoms with E-state index in [1.54, 1.807) is 0 Å². The number of nitrogens with zero attached hydrogens (tertiary/aromatic N) is 1. The van der Waals surface area contributed by atoms with Gasteiger partial charge in [-0.2, -0.15) is 0 Å². The highest BCUT2D eigenvalue weighted by Gasteiger charge is 2.22. The van der Waals surface area contributed by atoms with Crippen LogP contribution in [0.15, 0.2) is 192 Å². The minimum Gasteiger partial charge on any atom is -0.455 e. The Kier molecular flexibility index (Phi) is 7.00. The van der Waals surface area contributed by atoms with Gasteiger partial charge in [0, 0.05) is 68.1 Å². The SMILES string of the molecule is c1ccc2cc(-c3ccc(N(c4ccc(-c5cccc6c5oc5ccccc56)cc4)c4ccc5c(c4)sc4ccccc45)c4c3sc3ccccc34)ccc2c1. The number of anilines is 3. The Bertz CT molecular complexity index is 3500. The fourth-order valence-electron chi connectivity index (χ4n) is 8.63. The molecule has 0 saturated carbocycles. The van der Waals surface area contributed by atoms with Crippen molar-refractivity contribution in [2.24, 2.45) is 0 Å². The van der Waals surface area contributed by atoms with Gasteiger partial charge in [-0.15, -0.1) is 22.7 Å². The summed E-state index contributed by atoms with van der Waals surface area (Å²) in [5, 5.41) is 9.92. The molecule has 56 heavy (non-hydrogen) atoms. The molecular weight excluding hydrogens is 719 g/mol. The van der Waals surface area contributed by atoms with Crippen LogP contribution in [0, 0.1) is 0 Å². The Labute approximate surface area is 330 Å². The first-order valence-corrected chi connectivity index (χ1v) is 20.5. The molecule has 0 aliphatic heterocycles. The van der Waals surface area contributed by atoms with Crippen molar-refractivity contribution in [1.82, 2.24) is 0 Å². The second kappa shape index (κ2) is 12.4. The predicted molar refractivity (Wildman–Crippen MR) is 243 cm³/mol. The van der Waals surface area contributed by atoms with Crippen molar-refractivity contribution in [1.29, 1.82) is 0 Å². The van der Waals surface area contributed by atoms with Gasteiger partial charge in [-0.3, -0.25) is 0 Å². The van der Waals surface area contributed by atoms with Crippen LogP contribution in [0.25, 0.3) is 95.3 Å². The summed E-state index contributed by atoms with van der Waals surface area (Å²) >= 11 is 3.74. The molecule has 262 valence electrons. The van der Waals surface area contributed by atoms with E-state index in [2.05, 4.69) is 181 Å². The number of hydrogen-bond acceptors (Lipinski definition) is 4. The van der Waals surface area contributed by atoms with E-state index in [1.807, 2.05) is 34.8 Å². The zero-order valence-electron chi connectivity index (χ0n) is 30.1. The number of benzene rings is 9. The molecule has 9 aromatic carbocycles. The maximum Gasteiger partial charge on any atom is 0.143 e. The van der Waals surface area contributed by atoms with Gasteiger partial charge in [0.15, 0.2) is 0 Å². The van der Waals surface area contributed by atoms with Gasteiger partial charge in [-0.25, -0.2) is 0 Å². The molecule has 3 heterocycles. The van der Waals surface area contributed by atoms with Crippen molar-refractivity contribution in [3.8, 4) is 22.3 Å². The molecule has 0 spiro atoms. The van der Waals surface area contributed by atoms with E-state index in [4.69, 9.17) is 4.42 Å². The molecular formula is C52H31NOS2.